The quantitative estimate of drug-likeness (QED) is 0.838. The number of hydrogen-bond acceptors (Lipinski definition) is 5. The largest absolute Gasteiger partial charge is 0.493 e. The molecule has 0 saturated heterocycles. The van der Waals surface area contributed by atoms with E-state index in [4.69, 9.17) is 18.7 Å². The van der Waals surface area contributed by atoms with Gasteiger partial charge in [-0.25, -0.2) is 0 Å². The molecule has 2 rings (SSSR count). The van der Waals surface area contributed by atoms with Crippen LogP contribution in [0.1, 0.15) is 19.4 Å². The Hall–Kier alpha value is -2.43. The van der Waals surface area contributed by atoms with Crippen molar-refractivity contribution in [2.75, 3.05) is 21.3 Å². The summed E-state index contributed by atoms with van der Waals surface area (Å²) >= 11 is 0. The molecular weight excluding hydrogens is 270 g/mol. The van der Waals surface area contributed by atoms with Crippen molar-refractivity contribution in [3.8, 4) is 28.6 Å². The van der Waals surface area contributed by atoms with Gasteiger partial charge in [-0.2, -0.15) is 0 Å². The third-order valence-corrected chi connectivity index (χ3v) is 3.36. The van der Waals surface area contributed by atoms with Crippen molar-refractivity contribution in [1.29, 1.82) is 0 Å². The van der Waals surface area contributed by atoms with E-state index in [0.717, 1.165) is 16.7 Å². The molecule has 0 aliphatic rings. The fraction of sp³-hybridized carbons (Fsp3) is 0.312. The maximum absolute atomic E-state index is 5.40. The summed E-state index contributed by atoms with van der Waals surface area (Å²) in [7, 11) is 4.74. The van der Waals surface area contributed by atoms with Gasteiger partial charge in [0.15, 0.2) is 17.3 Å². The van der Waals surface area contributed by atoms with E-state index >= 15 is 0 Å². The summed E-state index contributed by atoms with van der Waals surface area (Å²) in [5.41, 5.74) is 2.84. The van der Waals surface area contributed by atoms with Crippen LogP contribution < -0.4 is 14.2 Å². The zero-order valence-electron chi connectivity index (χ0n) is 12.9. The molecule has 21 heavy (non-hydrogen) atoms. The summed E-state index contributed by atoms with van der Waals surface area (Å²) < 4.78 is 21.5. The topological polar surface area (TPSA) is 53.7 Å². The van der Waals surface area contributed by atoms with E-state index in [1.54, 1.807) is 27.5 Å². The lowest BCUT2D eigenvalue weighted by Crippen LogP contribution is -1.96. The van der Waals surface area contributed by atoms with Crippen LogP contribution in [0.4, 0.5) is 0 Å². The smallest absolute Gasteiger partial charge is 0.203 e. The molecule has 0 unspecified atom stereocenters. The van der Waals surface area contributed by atoms with Gasteiger partial charge >= 0.3 is 0 Å². The van der Waals surface area contributed by atoms with Crippen LogP contribution in [-0.2, 0) is 0 Å². The summed E-state index contributed by atoms with van der Waals surface area (Å²) in [5.74, 6) is 2.37. The van der Waals surface area contributed by atoms with E-state index in [1.807, 2.05) is 32.1 Å². The van der Waals surface area contributed by atoms with Gasteiger partial charge in [0.05, 0.1) is 27.5 Å². The van der Waals surface area contributed by atoms with Crippen molar-refractivity contribution in [2.45, 2.75) is 13.8 Å². The Kier molecular flexibility index (Phi) is 4.52. The maximum Gasteiger partial charge on any atom is 0.203 e. The van der Waals surface area contributed by atoms with Gasteiger partial charge in [0.1, 0.15) is 0 Å². The number of benzene rings is 1. The van der Waals surface area contributed by atoms with Crippen LogP contribution in [0, 0.1) is 0 Å². The average molecular weight is 289 g/mol. The molecule has 0 N–H and O–H groups in total. The van der Waals surface area contributed by atoms with Crippen molar-refractivity contribution in [2.24, 2.45) is 0 Å². The first-order valence-electron chi connectivity index (χ1n) is 6.54. The molecule has 1 aromatic carbocycles. The van der Waals surface area contributed by atoms with Crippen LogP contribution >= 0.6 is 0 Å². The Morgan fingerprint density at radius 3 is 2.19 bits per heavy atom. The molecule has 1 aromatic heterocycles. The molecule has 0 bridgehead atoms. The second-order valence-corrected chi connectivity index (χ2v) is 4.45. The van der Waals surface area contributed by atoms with Crippen LogP contribution in [0.3, 0.4) is 0 Å². The highest BCUT2D eigenvalue weighted by molar-refractivity contribution is 5.78. The van der Waals surface area contributed by atoms with Crippen LogP contribution in [0.25, 0.3) is 16.9 Å². The van der Waals surface area contributed by atoms with Gasteiger partial charge in [0, 0.05) is 11.1 Å². The molecule has 0 spiro atoms. The fourth-order valence-electron chi connectivity index (χ4n) is 2.10. The third-order valence-electron chi connectivity index (χ3n) is 3.36. The second-order valence-electron chi connectivity index (χ2n) is 4.45. The summed E-state index contributed by atoms with van der Waals surface area (Å²) in [6, 6.07) is 3.68. The van der Waals surface area contributed by atoms with Crippen molar-refractivity contribution in [1.82, 2.24) is 5.16 Å². The van der Waals surface area contributed by atoms with Crippen LogP contribution in [0.2, 0.25) is 0 Å². The summed E-state index contributed by atoms with van der Waals surface area (Å²) in [4.78, 5) is 0. The predicted octanol–water partition coefficient (Wildman–Crippen LogP) is 3.79. The lowest BCUT2D eigenvalue weighted by Gasteiger charge is -2.13. The van der Waals surface area contributed by atoms with Gasteiger partial charge < -0.3 is 18.7 Å². The third kappa shape index (κ3) is 2.72. The number of ether oxygens (including phenoxy) is 3. The van der Waals surface area contributed by atoms with Crippen molar-refractivity contribution in [3.63, 3.8) is 0 Å². The number of allylic oxidation sites excluding steroid dienone is 2. The summed E-state index contributed by atoms with van der Waals surface area (Å²) in [6.45, 7) is 3.98. The second kappa shape index (κ2) is 6.35. The van der Waals surface area contributed by atoms with Gasteiger partial charge in [-0.15, -0.1) is 0 Å². The number of nitrogens with zero attached hydrogens (tertiary/aromatic N) is 1. The molecule has 5 heteroatoms. The van der Waals surface area contributed by atoms with E-state index in [-0.39, 0.29) is 0 Å². The zero-order valence-corrected chi connectivity index (χ0v) is 12.9. The van der Waals surface area contributed by atoms with Crippen molar-refractivity contribution < 1.29 is 18.7 Å². The summed E-state index contributed by atoms with van der Waals surface area (Å²) in [6.07, 6.45) is 3.71. The highest BCUT2D eigenvalue weighted by Gasteiger charge is 2.18. The van der Waals surface area contributed by atoms with E-state index in [9.17, 15) is 0 Å². The molecular formula is C16H19NO4. The molecule has 112 valence electrons. The van der Waals surface area contributed by atoms with Gasteiger partial charge in [-0.05, 0) is 31.6 Å². The number of hydrogen-bond donors (Lipinski definition) is 0. The lowest BCUT2D eigenvalue weighted by molar-refractivity contribution is 0.324. The fourth-order valence-corrected chi connectivity index (χ4v) is 2.10. The highest BCUT2D eigenvalue weighted by atomic mass is 16.5. The summed E-state index contributed by atoms with van der Waals surface area (Å²) in [5, 5.41) is 3.89. The maximum atomic E-state index is 5.40. The normalized spacial score (nSPS) is 11.4. The first-order chi connectivity index (χ1) is 10.2. The van der Waals surface area contributed by atoms with E-state index < -0.39 is 0 Å². The molecule has 0 fully saturated rings. The number of rotatable bonds is 5. The van der Waals surface area contributed by atoms with Gasteiger partial charge in [0.2, 0.25) is 5.75 Å². The molecule has 2 aromatic rings. The molecule has 0 aliphatic heterocycles. The lowest BCUT2D eigenvalue weighted by atomic mass is 10.0. The van der Waals surface area contributed by atoms with Gasteiger partial charge in [0.25, 0.3) is 0 Å². The minimum atomic E-state index is 0.549. The first-order valence-corrected chi connectivity index (χ1v) is 6.54. The SMILES string of the molecule is C/C=C(\C)c1cnoc1-c1cc(OC)c(OC)c(OC)c1. The molecule has 0 atom stereocenters. The van der Waals surface area contributed by atoms with E-state index in [0.29, 0.717) is 23.0 Å². The molecule has 0 aliphatic carbocycles. The molecule has 1 heterocycles. The van der Waals surface area contributed by atoms with E-state index in [1.165, 1.54) is 0 Å². The van der Waals surface area contributed by atoms with Crippen LogP contribution in [0.5, 0.6) is 17.2 Å². The Morgan fingerprint density at radius 2 is 1.71 bits per heavy atom. The Labute approximate surface area is 124 Å². The molecule has 0 amide bonds. The Morgan fingerprint density at radius 1 is 1.10 bits per heavy atom. The number of aromatic nitrogens is 1. The number of methoxy groups -OCH3 is 3. The van der Waals surface area contributed by atoms with Crippen LogP contribution in [-0.4, -0.2) is 26.5 Å². The average Bonchev–Trinajstić information content (AvgIpc) is 3.02. The molecule has 5 nitrogen and oxygen atoms in total. The minimum absolute atomic E-state index is 0.549. The first kappa shape index (κ1) is 15.0. The monoisotopic (exact) mass is 289 g/mol. The van der Waals surface area contributed by atoms with E-state index in [2.05, 4.69) is 5.16 Å². The van der Waals surface area contributed by atoms with Crippen LogP contribution in [0.15, 0.2) is 28.9 Å². The highest BCUT2D eigenvalue weighted by Crippen LogP contribution is 2.42. The standard InChI is InChI=1S/C16H19NO4/c1-6-10(2)12-9-17-21-15(12)11-7-13(18-3)16(20-5)14(8-11)19-4/h6-9H,1-5H3/b10-6+. The Bertz CT molecular complexity index is 633. The van der Waals surface area contributed by atoms with Gasteiger partial charge in [-0.1, -0.05) is 11.2 Å². The molecule has 0 saturated carbocycles. The minimum Gasteiger partial charge on any atom is -0.493 e. The Balaban J connectivity index is 2.63. The van der Waals surface area contributed by atoms with Gasteiger partial charge in [-0.3, -0.25) is 0 Å². The molecule has 0 radical (unpaired) electrons. The predicted molar refractivity (Wildman–Crippen MR) is 80.9 cm³/mol. The van der Waals surface area contributed by atoms with Crippen molar-refractivity contribution >= 4 is 5.57 Å². The zero-order chi connectivity index (χ0) is 15.4. The van der Waals surface area contributed by atoms with Crippen molar-refractivity contribution in [3.05, 3.63) is 30.0 Å².